The van der Waals surface area contributed by atoms with E-state index in [0.29, 0.717) is 18.9 Å². The molecule has 0 aromatic heterocycles. The quantitative estimate of drug-likeness (QED) is 0.191. The molecule has 0 spiro atoms. The highest BCUT2D eigenvalue weighted by molar-refractivity contribution is 5.69. The van der Waals surface area contributed by atoms with E-state index in [1.807, 2.05) is 0 Å². The van der Waals surface area contributed by atoms with Crippen molar-refractivity contribution in [2.24, 2.45) is 5.92 Å². The summed E-state index contributed by atoms with van der Waals surface area (Å²) in [4.78, 5) is 11.9. The Balaban J connectivity index is 3.70. The lowest BCUT2D eigenvalue weighted by Gasteiger charge is -2.16. The van der Waals surface area contributed by atoms with Gasteiger partial charge in [-0.3, -0.25) is 4.79 Å². The molecule has 0 saturated carbocycles. The minimum atomic E-state index is 0.0265. The van der Waals surface area contributed by atoms with Crippen molar-refractivity contribution in [2.45, 2.75) is 124 Å². The summed E-state index contributed by atoms with van der Waals surface area (Å²) in [6, 6.07) is 0. The van der Waals surface area contributed by atoms with Gasteiger partial charge in [-0.1, -0.05) is 97.8 Å². The maximum absolute atomic E-state index is 11.9. The van der Waals surface area contributed by atoms with E-state index in [4.69, 9.17) is 4.74 Å². The van der Waals surface area contributed by atoms with E-state index in [0.717, 1.165) is 6.42 Å². The van der Waals surface area contributed by atoms with Crippen molar-refractivity contribution in [1.29, 1.82) is 0 Å². The molecule has 0 aromatic rings. The monoisotopic (exact) mass is 340 g/mol. The second-order valence-electron chi connectivity index (χ2n) is 7.41. The van der Waals surface area contributed by atoms with Crippen molar-refractivity contribution in [3.05, 3.63) is 0 Å². The molecule has 1 atom stereocenters. The van der Waals surface area contributed by atoms with Crippen LogP contribution in [0.1, 0.15) is 124 Å². The first-order chi connectivity index (χ1) is 11.7. The molecule has 0 aromatic carbocycles. The van der Waals surface area contributed by atoms with Gasteiger partial charge >= 0.3 is 5.97 Å². The third-order valence-corrected chi connectivity index (χ3v) is 4.90. The highest BCUT2D eigenvalue weighted by atomic mass is 16.5. The van der Waals surface area contributed by atoms with Crippen molar-refractivity contribution in [3.8, 4) is 0 Å². The normalized spacial score (nSPS) is 12.3. The van der Waals surface area contributed by atoms with Crippen LogP contribution in [0.25, 0.3) is 0 Å². The first-order valence-corrected chi connectivity index (χ1v) is 10.9. The average molecular weight is 341 g/mol. The smallest absolute Gasteiger partial charge is 0.305 e. The molecule has 0 heterocycles. The molecule has 1 unspecified atom stereocenters. The van der Waals surface area contributed by atoms with Crippen LogP contribution in [0.5, 0.6) is 0 Å². The van der Waals surface area contributed by atoms with Crippen LogP contribution in [0.4, 0.5) is 0 Å². The van der Waals surface area contributed by atoms with Gasteiger partial charge in [0, 0.05) is 6.42 Å². The second-order valence-corrected chi connectivity index (χ2v) is 7.41. The molecule has 0 aliphatic heterocycles. The lowest BCUT2D eigenvalue weighted by atomic mass is 9.96. The molecule has 24 heavy (non-hydrogen) atoms. The molecule has 2 heteroatoms. The number of esters is 1. The van der Waals surface area contributed by atoms with Crippen LogP contribution in [-0.4, -0.2) is 12.6 Å². The number of rotatable bonds is 18. The Hall–Kier alpha value is -0.530. The molecule has 0 N–H and O–H groups in total. The van der Waals surface area contributed by atoms with Gasteiger partial charge < -0.3 is 4.74 Å². The Bertz CT molecular complexity index is 263. The van der Waals surface area contributed by atoms with Crippen molar-refractivity contribution >= 4 is 5.97 Å². The molecule has 144 valence electrons. The second kappa shape index (κ2) is 18.8. The van der Waals surface area contributed by atoms with Gasteiger partial charge in [-0.15, -0.1) is 0 Å². The van der Waals surface area contributed by atoms with Gasteiger partial charge in [-0.2, -0.15) is 0 Å². The zero-order valence-corrected chi connectivity index (χ0v) is 16.9. The van der Waals surface area contributed by atoms with E-state index in [2.05, 4.69) is 20.8 Å². The van der Waals surface area contributed by atoms with E-state index >= 15 is 0 Å². The van der Waals surface area contributed by atoms with Gasteiger partial charge in [0.15, 0.2) is 0 Å². The summed E-state index contributed by atoms with van der Waals surface area (Å²) in [5, 5.41) is 0. The SMILES string of the molecule is CCCCCCCCCC(=O)OCC(CCCC)CCCCCC. The fourth-order valence-electron chi connectivity index (χ4n) is 3.17. The molecule has 0 amide bonds. The average Bonchev–Trinajstić information content (AvgIpc) is 2.59. The van der Waals surface area contributed by atoms with Gasteiger partial charge in [0.05, 0.1) is 6.61 Å². The van der Waals surface area contributed by atoms with E-state index in [9.17, 15) is 4.79 Å². The fraction of sp³-hybridized carbons (Fsp3) is 0.955. The number of hydrogen-bond donors (Lipinski definition) is 0. The number of unbranched alkanes of at least 4 members (excludes halogenated alkanes) is 10. The van der Waals surface area contributed by atoms with Crippen LogP contribution in [0, 0.1) is 5.92 Å². The Morgan fingerprint density at radius 3 is 1.79 bits per heavy atom. The first kappa shape index (κ1) is 23.5. The van der Waals surface area contributed by atoms with Crippen LogP contribution in [0.15, 0.2) is 0 Å². The standard InChI is InChI=1S/C22H44O2/c1-4-7-10-12-13-14-16-19-22(23)24-20-21(17-9-6-3)18-15-11-8-5-2/h21H,4-20H2,1-3H3. The third kappa shape index (κ3) is 16.3. The predicted octanol–water partition coefficient (Wildman–Crippen LogP) is 7.45. The van der Waals surface area contributed by atoms with Crippen LogP contribution in [-0.2, 0) is 9.53 Å². The van der Waals surface area contributed by atoms with Crippen LogP contribution in [0.2, 0.25) is 0 Å². The zero-order valence-electron chi connectivity index (χ0n) is 16.9. The van der Waals surface area contributed by atoms with Crippen molar-refractivity contribution in [2.75, 3.05) is 6.61 Å². The predicted molar refractivity (Wildman–Crippen MR) is 105 cm³/mol. The molecule has 0 rings (SSSR count). The molecule has 0 radical (unpaired) electrons. The lowest BCUT2D eigenvalue weighted by molar-refractivity contribution is -0.145. The Kier molecular flexibility index (Phi) is 18.4. The highest BCUT2D eigenvalue weighted by Crippen LogP contribution is 2.18. The molecular formula is C22H44O2. The number of carbonyl (C=O) groups excluding carboxylic acids is 1. The van der Waals surface area contributed by atoms with Crippen LogP contribution in [0.3, 0.4) is 0 Å². The van der Waals surface area contributed by atoms with E-state index < -0.39 is 0 Å². The lowest BCUT2D eigenvalue weighted by Crippen LogP contribution is -2.14. The number of carbonyl (C=O) groups is 1. The van der Waals surface area contributed by atoms with Crippen LogP contribution < -0.4 is 0 Å². The van der Waals surface area contributed by atoms with Gasteiger partial charge in [0.2, 0.25) is 0 Å². The molecule has 0 fully saturated rings. The Labute approximate surface area is 152 Å². The number of hydrogen-bond acceptors (Lipinski definition) is 2. The molecule has 2 nitrogen and oxygen atoms in total. The van der Waals surface area contributed by atoms with Gasteiger partial charge in [0.25, 0.3) is 0 Å². The maximum Gasteiger partial charge on any atom is 0.305 e. The molecule has 0 bridgehead atoms. The topological polar surface area (TPSA) is 26.3 Å². The summed E-state index contributed by atoms with van der Waals surface area (Å²) >= 11 is 0. The van der Waals surface area contributed by atoms with Crippen molar-refractivity contribution in [3.63, 3.8) is 0 Å². The highest BCUT2D eigenvalue weighted by Gasteiger charge is 2.11. The van der Waals surface area contributed by atoms with Gasteiger partial charge in [-0.05, 0) is 25.2 Å². The summed E-state index contributed by atoms with van der Waals surface area (Å²) in [6.07, 6.45) is 19.5. The van der Waals surface area contributed by atoms with E-state index in [1.54, 1.807) is 0 Å². The third-order valence-electron chi connectivity index (χ3n) is 4.90. The molecule has 0 saturated heterocycles. The summed E-state index contributed by atoms with van der Waals surface area (Å²) in [5.41, 5.74) is 0. The summed E-state index contributed by atoms with van der Waals surface area (Å²) in [5.74, 6) is 0.610. The Morgan fingerprint density at radius 1 is 0.667 bits per heavy atom. The molecule has 0 aliphatic rings. The molecular weight excluding hydrogens is 296 g/mol. The van der Waals surface area contributed by atoms with E-state index in [1.165, 1.54) is 89.9 Å². The minimum Gasteiger partial charge on any atom is -0.465 e. The Morgan fingerprint density at radius 2 is 1.17 bits per heavy atom. The number of ether oxygens (including phenoxy) is 1. The maximum atomic E-state index is 11.9. The molecule has 0 aliphatic carbocycles. The fourth-order valence-corrected chi connectivity index (χ4v) is 3.17. The van der Waals surface area contributed by atoms with Crippen LogP contribution >= 0.6 is 0 Å². The van der Waals surface area contributed by atoms with E-state index in [-0.39, 0.29) is 5.97 Å². The first-order valence-electron chi connectivity index (χ1n) is 10.9. The van der Waals surface area contributed by atoms with Crippen molar-refractivity contribution < 1.29 is 9.53 Å². The summed E-state index contributed by atoms with van der Waals surface area (Å²) in [7, 11) is 0. The largest absolute Gasteiger partial charge is 0.465 e. The summed E-state index contributed by atoms with van der Waals surface area (Å²) in [6.45, 7) is 7.38. The van der Waals surface area contributed by atoms with Crippen molar-refractivity contribution in [1.82, 2.24) is 0 Å². The zero-order chi connectivity index (χ0) is 17.9. The van der Waals surface area contributed by atoms with Gasteiger partial charge in [-0.25, -0.2) is 0 Å². The minimum absolute atomic E-state index is 0.0265. The summed E-state index contributed by atoms with van der Waals surface area (Å²) < 4.78 is 5.56. The van der Waals surface area contributed by atoms with Gasteiger partial charge in [0.1, 0.15) is 0 Å².